The van der Waals surface area contributed by atoms with Crippen molar-refractivity contribution in [3.05, 3.63) is 0 Å². The highest BCUT2D eigenvalue weighted by Gasteiger charge is 2.44. The molecule has 1 aliphatic rings. The molecular weight excluding hydrogens is 209 g/mol. The fourth-order valence-electron chi connectivity index (χ4n) is 1.88. The third-order valence-corrected chi connectivity index (χ3v) is 2.64. The minimum absolute atomic E-state index is 0.0478. The standard InChI is InChI=1S/C9H17F3N2O/c1-7-6-15-5-4-14(7)8(2-3-13)9(10,11)12/h7-8H,2-6,13H2,1H3. The van der Waals surface area contributed by atoms with Crippen LogP contribution in [0.5, 0.6) is 0 Å². The Bertz CT molecular complexity index is 198. The molecule has 1 aliphatic heterocycles. The van der Waals surface area contributed by atoms with Crippen molar-refractivity contribution in [2.24, 2.45) is 5.73 Å². The molecule has 0 spiro atoms. The Hall–Kier alpha value is -0.330. The Balaban J connectivity index is 2.69. The van der Waals surface area contributed by atoms with Gasteiger partial charge in [0, 0.05) is 12.6 Å². The van der Waals surface area contributed by atoms with Crippen LogP contribution in [0, 0.1) is 0 Å². The second kappa shape index (κ2) is 5.14. The van der Waals surface area contributed by atoms with E-state index in [1.807, 2.05) is 0 Å². The highest BCUT2D eigenvalue weighted by molar-refractivity contribution is 4.84. The smallest absolute Gasteiger partial charge is 0.379 e. The molecule has 1 rings (SSSR count). The Labute approximate surface area is 87.4 Å². The zero-order valence-electron chi connectivity index (χ0n) is 8.76. The summed E-state index contributed by atoms with van der Waals surface area (Å²) in [5, 5.41) is 0. The van der Waals surface area contributed by atoms with E-state index < -0.39 is 12.2 Å². The van der Waals surface area contributed by atoms with Gasteiger partial charge >= 0.3 is 6.18 Å². The molecule has 2 unspecified atom stereocenters. The van der Waals surface area contributed by atoms with Crippen LogP contribution in [0.25, 0.3) is 0 Å². The van der Waals surface area contributed by atoms with Gasteiger partial charge in [0.1, 0.15) is 6.04 Å². The van der Waals surface area contributed by atoms with Gasteiger partial charge in [0.2, 0.25) is 0 Å². The third-order valence-electron chi connectivity index (χ3n) is 2.64. The van der Waals surface area contributed by atoms with Crippen molar-refractivity contribution in [1.82, 2.24) is 4.90 Å². The largest absolute Gasteiger partial charge is 0.404 e. The van der Waals surface area contributed by atoms with Crippen molar-refractivity contribution in [2.75, 3.05) is 26.3 Å². The highest BCUT2D eigenvalue weighted by Crippen LogP contribution is 2.29. The van der Waals surface area contributed by atoms with Crippen molar-refractivity contribution < 1.29 is 17.9 Å². The van der Waals surface area contributed by atoms with E-state index in [9.17, 15) is 13.2 Å². The molecular formula is C9H17F3N2O. The van der Waals surface area contributed by atoms with Gasteiger partial charge in [-0.1, -0.05) is 0 Å². The summed E-state index contributed by atoms with van der Waals surface area (Å²) in [7, 11) is 0. The molecule has 0 aromatic carbocycles. The van der Waals surface area contributed by atoms with E-state index in [1.165, 1.54) is 4.90 Å². The summed E-state index contributed by atoms with van der Waals surface area (Å²) >= 11 is 0. The molecule has 0 bridgehead atoms. The maximum atomic E-state index is 12.7. The maximum absolute atomic E-state index is 12.7. The first kappa shape index (κ1) is 12.7. The van der Waals surface area contributed by atoms with E-state index in [1.54, 1.807) is 6.92 Å². The second-order valence-electron chi connectivity index (χ2n) is 3.80. The molecule has 90 valence electrons. The SMILES string of the molecule is CC1COCCN1C(CCN)C(F)(F)F. The van der Waals surface area contributed by atoms with Crippen molar-refractivity contribution in [3.8, 4) is 0 Å². The first-order valence-corrected chi connectivity index (χ1v) is 5.07. The van der Waals surface area contributed by atoms with E-state index in [0.717, 1.165) is 0 Å². The molecule has 0 aromatic heterocycles. The van der Waals surface area contributed by atoms with Crippen LogP contribution < -0.4 is 5.73 Å². The lowest BCUT2D eigenvalue weighted by Gasteiger charge is -2.40. The number of nitrogens with two attached hydrogens (primary N) is 1. The predicted octanol–water partition coefficient (Wildman–Crippen LogP) is 0.987. The van der Waals surface area contributed by atoms with E-state index >= 15 is 0 Å². The normalized spacial score (nSPS) is 26.6. The van der Waals surface area contributed by atoms with Crippen molar-refractivity contribution in [3.63, 3.8) is 0 Å². The van der Waals surface area contributed by atoms with Gasteiger partial charge in [-0.2, -0.15) is 13.2 Å². The number of ether oxygens (including phenoxy) is 1. The summed E-state index contributed by atoms with van der Waals surface area (Å²) < 4.78 is 43.3. The molecule has 6 heteroatoms. The maximum Gasteiger partial charge on any atom is 0.404 e. The van der Waals surface area contributed by atoms with Crippen LogP contribution in [0.4, 0.5) is 13.2 Å². The molecule has 15 heavy (non-hydrogen) atoms. The van der Waals surface area contributed by atoms with E-state index in [0.29, 0.717) is 19.8 Å². The van der Waals surface area contributed by atoms with E-state index in [2.05, 4.69) is 0 Å². The molecule has 2 atom stereocenters. The fourth-order valence-corrected chi connectivity index (χ4v) is 1.88. The van der Waals surface area contributed by atoms with Crippen molar-refractivity contribution in [1.29, 1.82) is 0 Å². The van der Waals surface area contributed by atoms with Crippen LogP contribution in [-0.2, 0) is 4.74 Å². The number of hydrogen-bond donors (Lipinski definition) is 1. The molecule has 0 aliphatic carbocycles. The lowest BCUT2D eigenvalue weighted by atomic mass is 10.1. The summed E-state index contributed by atoms with van der Waals surface area (Å²) in [5.74, 6) is 0. The van der Waals surface area contributed by atoms with Gasteiger partial charge in [-0.25, -0.2) is 0 Å². The molecule has 0 amide bonds. The average molecular weight is 226 g/mol. The summed E-state index contributed by atoms with van der Waals surface area (Å²) in [4.78, 5) is 1.44. The Morgan fingerprint density at radius 1 is 1.53 bits per heavy atom. The second-order valence-corrected chi connectivity index (χ2v) is 3.80. The predicted molar refractivity (Wildman–Crippen MR) is 50.5 cm³/mol. The van der Waals surface area contributed by atoms with Gasteiger partial charge in [-0.15, -0.1) is 0 Å². The Morgan fingerprint density at radius 2 is 2.20 bits per heavy atom. The van der Waals surface area contributed by atoms with Crippen LogP contribution in [0.2, 0.25) is 0 Å². The summed E-state index contributed by atoms with van der Waals surface area (Å²) in [6, 6.07) is -1.63. The quantitative estimate of drug-likeness (QED) is 0.779. The molecule has 0 aromatic rings. The lowest BCUT2D eigenvalue weighted by molar-refractivity contribution is -0.201. The van der Waals surface area contributed by atoms with Crippen molar-refractivity contribution in [2.45, 2.75) is 31.6 Å². The van der Waals surface area contributed by atoms with Crippen LogP contribution in [0.1, 0.15) is 13.3 Å². The van der Waals surface area contributed by atoms with Crippen LogP contribution >= 0.6 is 0 Å². The molecule has 1 saturated heterocycles. The van der Waals surface area contributed by atoms with Crippen LogP contribution in [0.15, 0.2) is 0 Å². The van der Waals surface area contributed by atoms with E-state index in [-0.39, 0.29) is 19.0 Å². The molecule has 0 radical (unpaired) electrons. The zero-order valence-corrected chi connectivity index (χ0v) is 8.76. The first-order chi connectivity index (χ1) is 6.96. The van der Waals surface area contributed by atoms with Gasteiger partial charge in [0.25, 0.3) is 0 Å². The van der Waals surface area contributed by atoms with Gasteiger partial charge in [-0.05, 0) is 19.9 Å². The minimum atomic E-state index is -4.20. The van der Waals surface area contributed by atoms with Gasteiger partial charge in [0.15, 0.2) is 0 Å². The number of rotatable bonds is 3. The van der Waals surface area contributed by atoms with Crippen molar-refractivity contribution >= 4 is 0 Å². The topological polar surface area (TPSA) is 38.5 Å². The number of hydrogen-bond acceptors (Lipinski definition) is 3. The third kappa shape index (κ3) is 3.32. The average Bonchev–Trinajstić information content (AvgIpc) is 2.14. The Kier molecular flexibility index (Phi) is 4.36. The lowest BCUT2D eigenvalue weighted by Crippen LogP contribution is -2.55. The first-order valence-electron chi connectivity index (χ1n) is 5.07. The molecule has 1 fully saturated rings. The van der Waals surface area contributed by atoms with Gasteiger partial charge < -0.3 is 10.5 Å². The molecule has 2 N–H and O–H groups in total. The highest BCUT2D eigenvalue weighted by atomic mass is 19.4. The Morgan fingerprint density at radius 3 is 2.67 bits per heavy atom. The molecule has 1 heterocycles. The fraction of sp³-hybridized carbons (Fsp3) is 1.00. The van der Waals surface area contributed by atoms with Gasteiger partial charge in [0.05, 0.1) is 13.2 Å². The van der Waals surface area contributed by atoms with E-state index in [4.69, 9.17) is 10.5 Å². The monoisotopic (exact) mass is 226 g/mol. The van der Waals surface area contributed by atoms with Crippen LogP contribution in [-0.4, -0.2) is 49.5 Å². The molecule has 3 nitrogen and oxygen atoms in total. The zero-order chi connectivity index (χ0) is 11.5. The minimum Gasteiger partial charge on any atom is -0.379 e. The summed E-state index contributed by atoms with van der Waals surface area (Å²) in [6.45, 7) is 2.84. The van der Waals surface area contributed by atoms with Gasteiger partial charge in [-0.3, -0.25) is 4.90 Å². The van der Waals surface area contributed by atoms with Crippen LogP contribution in [0.3, 0.4) is 0 Å². The number of alkyl halides is 3. The summed E-state index contributed by atoms with van der Waals surface area (Å²) in [6.07, 6.45) is -4.25. The number of morpholine rings is 1. The number of halogens is 3. The summed E-state index contributed by atoms with van der Waals surface area (Å²) in [5.41, 5.74) is 5.22. The number of nitrogens with zero attached hydrogens (tertiary/aromatic N) is 1. The molecule has 0 saturated carbocycles.